The SMILES string of the molecule is CC[C@H](C)NC(=O)[C@H](Cc1ccccc1)N(Cc1ccc(Cl)cc1Cl)C(=O)CN(c1ccc(Cl)c(C(F)(F)F)c1)S(=O)(=O)c1ccccc1. The van der Waals surface area contributed by atoms with Crippen molar-refractivity contribution in [2.75, 3.05) is 10.8 Å². The quantitative estimate of drug-likeness (QED) is 0.149. The average molecular weight is 755 g/mol. The van der Waals surface area contributed by atoms with E-state index in [-0.39, 0.29) is 28.9 Å². The predicted molar refractivity (Wildman–Crippen MR) is 186 cm³/mol. The smallest absolute Gasteiger partial charge is 0.352 e. The van der Waals surface area contributed by atoms with Crippen LogP contribution in [0.1, 0.15) is 37.0 Å². The first kappa shape index (κ1) is 38.0. The molecule has 0 saturated carbocycles. The van der Waals surface area contributed by atoms with E-state index in [1.165, 1.54) is 35.2 Å². The molecule has 0 spiro atoms. The highest BCUT2D eigenvalue weighted by atomic mass is 35.5. The van der Waals surface area contributed by atoms with E-state index < -0.39 is 56.9 Å². The molecule has 260 valence electrons. The lowest BCUT2D eigenvalue weighted by Gasteiger charge is -2.34. The second-order valence-electron chi connectivity index (χ2n) is 11.3. The Kier molecular flexibility index (Phi) is 12.6. The van der Waals surface area contributed by atoms with Crippen molar-refractivity contribution in [3.05, 3.63) is 129 Å². The fourth-order valence-corrected chi connectivity index (χ4v) is 7.08. The number of benzene rings is 4. The van der Waals surface area contributed by atoms with Crippen LogP contribution < -0.4 is 9.62 Å². The third-order valence-electron chi connectivity index (χ3n) is 7.78. The van der Waals surface area contributed by atoms with Gasteiger partial charge < -0.3 is 10.2 Å². The summed E-state index contributed by atoms with van der Waals surface area (Å²) in [5, 5.41) is 2.77. The number of carbonyl (C=O) groups is 2. The molecular formula is C35H33Cl3F3N3O4S. The lowest BCUT2D eigenvalue weighted by Crippen LogP contribution is -2.54. The molecule has 0 aliphatic carbocycles. The maximum absolute atomic E-state index is 14.6. The third kappa shape index (κ3) is 9.69. The first-order chi connectivity index (χ1) is 23.1. The molecule has 0 fully saturated rings. The zero-order chi connectivity index (χ0) is 35.9. The van der Waals surface area contributed by atoms with Crippen LogP contribution in [-0.4, -0.2) is 43.8 Å². The third-order valence-corrected chi connectivity index (χ3v) is 10.5. The van der Waals surface area contributed by atoms with Crippen molar-refractivity contribution in [3.63, 3.8) is 0 Å². The fourth-order valence-electron chi connectivity index (χ4n) is 4.96. The van der Waals surface area contributed by atoms with Crippen LogP contribution in [-0.2, 0) is 38.8 Å². The number of halogens is 6. The zero-order valence-electron chi connectivity index (χ0n) is 26.4. The molecule has 2 atom stereocenters. The van der Waals surface area contributed by atoms with Crippen molar-refractivity contribution in [1.82, 2.24) is 10.2 Å². The number of carbonyl (C=O) groups excluding carboxylic acids is 2. The Bertz CT molecular complexity index is 1880. The lowest BCUT2D eigenvalue weighted by atomic mass is 10.0. The molecule has 0 unspecified atom stereocenters. The number of rotatable bonds is 13. The lowest BCUT2D eigenvalue weighted by molar-refractivity contribution is -0.140. The number of anilines is 1. The van der Waals surface area contributed by atoms with E-state index in [9.17, 15) is 31.2 Å². The molecule has 49 heavy (non-hydrogen) atoms. The summed E-state index contributed by atoms with van der Waals surface area (Å²) in [7, 11) is -4.64. The van der Waals surface area contributed by atoms with Gasteiger partial charge in [-0.15, -0.1) is 0 Å². The van der Waals surface area contributed by atoms with Crippen molar-refractivity contribution in [3.8, 4) is 0 Å². The van der Waals surface area contributed by atoms with Gasteiger partial charge in [-0.2, -0.15) is 13.2 Å². The molecular weight excluding hydrogens is 722 g/mol. The molecule has 0 bridgehead atoms. The molecule has 7 nitrogen and oxygen atoms in total. The van der Waals surface area contributed by atoms with Gasteiger partial charge in [0.25, 0.3) is 10.0 Å². The van der Waals surface area contributed by atoms with E-state index >= 15 is 0 Å². The predicted octanol–water partition coefficient (Wildman–Crippen LogP) is 8.42. The summed E-state index contributed by atoms with van der Waals surface area (Å²) in [6.07, 6.45) is -4.31. The van der Waals surface area contributed by atoms with E-state index in [2.05, 4.69) is 5.32 Å². The van der Waals surface area contributed by atoms with Crippen LogP contribution in [0.5, 0.6) is 0 Å². The van der Waals surface area contributed by atoms with Gasteiger partial charge in [0.05, 0.1) is 21.2 Å². The van der Waals surface area contributed by atoms with Gasteiger partial charge >= 0.3 is 6.18 Å². The summed E-state index contributed by atoms with van der Waals surface area (Å²) in [6, 6.07) is 21.6. The van der Waals surface area contributed by atoms with Gasteiger partial charge in [0.15, 0.2) is 0 Å². The number of hydrogen-bond acceptors (Lipinski definition) is 4. The molecule has 0 aromatic heterocycles. The first-order valence-corrected chi connectivity index (χ1v) is 17.7. The Balaban J connectivity index is 1.88. The number of alkyl halides is 3. The minimum Gasteiger partial charge on any atom is -0.352 e. The van der Waals surface area contributed by atoms with E-state index in [1.807, 2.05) is 6.92 Å². The molecule has 2 amide bonds. The maximum Gasteiger partial charge on any atom is 0.417 e. The highest BCUT2D eigenvalue weighted by Gasteiger charge is 2.38. The fraction of sp³-hybridized carbons (Fsp3) is 0.257. The summed E-state index contributed by atoms with van der Waals surface area (Å²) in [6.45, 7) is 2.45. The van der Waals surface area contributed by atoms with Crippen molar-refractivity contribution < 1.29 is 31.2 Å². The van der Waals surface area contributed by atoms with Crippen molar-refractivity contribution in [2.24, 2.45) is 0 Å². The highest BCUT2D eigenvalue weighted by molar-refractivity contribution is 7.92. The van der Waals surface area contributed by atoms with Crippen LogP contribution in [0, 0.1) is 0 Å². The van der Waals surface area contributed by atoms with Crippen LogP contribution in [0.4, 0.5) is 18.9 Å². The standard InChI is InChI=1S/C35H33Cl3F3N3O4S/c1-3-23(2)42-34(46)32(18-24-10-6-4-7-11-24)43(21-25-14-15-26(36)19-31(25)38)33(45)22-44(49(47,48)28-12-8-5-9-13-28)27-16-17-30(37)29(20-27)35(39,40)41/h4-17,19-20,23,32H,3,18,21-22H2,1-2H3,(H,42,46)/t23-,32-/m0/s1. The number of hydrogen-bond donors (Lipinski definition) is 1. The van der Waals surface area contributed by atoms with Crippen molar-refractivity contribution in [2.45, 2.75) is 56.4 Å². The minimum absolute atomic E-state index is 0.0324. The van der Waals surface area contributed by atoms with Gasteiger partial charge in [-0.1, -0.05) is 96.3 Å². The summed E-state index contributed by atoms with van der Waals surface area (Å²) in [5.41, 5.74) is -0.639. The van der Waals surface area contributed by atoms with Crippen LogP contribution in [0.15, 0.2) is 102 Å². The molecule has 0 heterocycles. The normalized spacial score (nSPS) is 13.0. The van der Waals surface area contributed by atoms with Gasteiger partial charge in [-0.05, 0) is 66.9 Å². The van der Waals surface area contributed by atoms with Gasteiger partial charge in [0, 0.05) is 29.1 Å². The number of sulfonamides is 1. The van der Waals surface area contributed by atoms with Crippen LogP contribution in [0.2, 0.25) is 15.1 Å². The maximum atomic E-state index is 14.6. The monoisotopic (exact) mass is 753 g/mol. The topological polar surface area (TPSA) is 86.8 Å². The van der Waals surface area contributed by atoms with Crippen molar-refractivity contribution in [1.29, 1.82) is 0 Å². The second kappa shape index (κ2) is 16.3. The zero-order valence-corrected chi connectivity index (χ0v) is 29.5. The molecule has 0 saturated heterocycles. The van der Waals surface area contributed by atoms with Gasteiger partial charge in [0.1, 0.15) is 12.6 Å². The van der Waals surface area contributed by atoms with Crippen LogP contribution in [0.3, 0.4) is 0 Å². The van der Waals surface area contributed by atoms with E-state index in [1.54, 1.807) is 55.5 Å². The van der Waals surface area contributed by atoms with E-state index in [0.717, 1.165) is 12.1 Å². The Hall–Kier alpha value is -3.77. The largest absolute Gasteiger partial charge is 0.417 e. The van der Waals surface area contributed by atoms with E-state index in [4.69, 9.17) is 34.8 Å². The number of amides is 2. The van der Waals surface area contributed by atoms with Crippen LogP contribution >= 0.6 is 34.8 Å². The average Bonchev–Trinajstić information content (AvgIpc) is 3.06. The van der Waals surface area contributed by atoms with Gasteiger partial charge in [-0.25, -0.2) is 8.42 Å². The minimum atomic E-state index is -4.93. The second-order valence-corrected chi connectivity index (χ2v) is 14.4. The Morgan fingerprint density at radius 3 is 2.08 bits per heavy atom. The van der Waals surface area contributed by atoms with Crippen LogP contribution in [0.25, 0.3) is 0 Å². The van der Waals surface area contributed by atoms with E-state index in [0.29, 0.717) is 32.9 Å². The number of nitrogens with zero attached hydrogens (tertiary/aromatic N) is 2. The molecule has 14 heteroatoms. The molecule has 0 aliphatic heterocycles. The summed E-state index contributed by atoms with van der Waals surface area (Å²) in [5.74, 6) is -1.39. The molecule has 0 radical (unpaired) electrons. The summed E-state index contributed by atoms with van der Waals surface area (Å²) < 4.78 is 70.6. The molecule has 0 aliphatic rings. The highest BCUT2D eigenvalue weighted by Crippen LogP contribution is 2.38. The Morgan fingerprint density at radius 2 is 1.49 bits per heavy atom. The Labute approximate surface area is 298 Å². The molecule has 4 rings (SSSR count). The number of nitrogens with one attached hydrogen (secondary N) is 1. The summed E-state index contributed by atoms with van der Waals surface area (Å²) >= 11 is 18.5. The summed E-state index contributed by atoms with van der Waals surface area (Å²) in [4.78, 5) is 29.4. The molecule has 4 aromatic carbocycles. The molecule has 4 aromatic rings. The van der Waals surface area contributed by atoms with Gasteiger partial charge in [-0.3, -0.25) is 13.9 Å². The molecule has 1 N–H and O–H groups in total. The first-order valence-electron chi connectivity index (χ1n) is 15.1. The Morgan fingerprint density at radius 1 is 0.857 bits per heavy atom. The van der Waals surface area contributed by atoms with Crippen molar-refractivity contribution >= 4 is 62.3 Å². The van der Waals surface area contributed by atoms with Gasteiger partial charge in [0.2, 0.25) is 11.8 Å².